The molecule has 0 heterocycles. The largest absolute Gasteiger partial charge is 0.294 e. The van der Waals surface area contributed by atoms with E-state index in [1.165, 1.54) is 0 Å². The van der Waals surface area contributed by atoms with Gasteiger partial charge in [-0.25, -0.2) is 0 Å². The molecule has 0 saturated heterocycles. The number of fused-ring (bicyclic) bond motifs is 1. The Morgan fingerprint density at radius 3 is 2.47 bits per heavy atom. The number of hydrogen-bond acceptors (Lipinski definition) is 1. The third kappa shape index (κ3) is 2.58. The lowest BCUT2D eigenvalue weighted by atomic mass is 9.89. The Hall–Kier alpha value is -2.33. The molecule has 1 heteroatoms. The summed E-state index contributed by atoms with van der Waals surface area (Å²) in [6.45, 7) is 0. The zero-order chi connectivity index (χ0) is 13.1. The molecule has 0 spiro atoms. The SMILES string of the molecule is O=C1CCCc2cc(C#Cc3ccccc3)ccc21. The standard InChI is InChI=1S/C18H14O/c19-18-8-4-7-16-13-15(11-12-17(16)18)10-9-14-5-2-1-3-6-14/h1-3,5-6,11-13H,4,7-8H2. The lowest BCUT2D eigenvalue weighted by Crippen LogP contribution is -2.10. The minimum atomic E-state index is 0.267. The van der Waals surface area contributed by atoms with Gasteiger partial charge in [-0.05, 0) is 48.7 Å². The third-order valence-corrected chi connectivity index (χ3v) is 3.38. The highest BCUT2D eigenvalue weighted by molar-refractivity contribution is 5.98. The van der Waals surface area contributed by atoms with E-state index < -0.39 is 0 Å². The van der Waals surface area contributed by atoms with E-state index in [1.54, 1.807) is 0 Å². The van der Waals surface area contributed by atoms with Gasteiger partial charge < -0.3 is 0 Å². The Bertz CT molecular complexity index is 672. The van der Waals surface area contributed by atoms with Crippen LogP contribution in [0.15, 0.2) is 48.5 Å². The molecule has 1 nitrogen and oxygen atoms in total. The normalized spacial score (nSPS) is 13.4. The van der Waals surface area contributed by atoms with Crippen molar-refractivity contribution in [3.05, 3.63) is 70.8 Å². The summed E-state index contributed by atoms with van der Waals surface area (Å²) in [7, 11) is 0. The average molecular weight is 246 g/mol. The molecule has 0 saturated carbocycles. The minimum absolute atomic E-state index is 0.267. The molecular weight excluding hydrogens is 232 g/mol. The first-order valence-corrected chi connectivity index (χ1v) is 6.56. The molecule has 0 aromatic heterocycles. The zero-order valence-corrected chi connectivity index (χ0v) is 10.6. The van der Waals surface area contributed by atoms with Crippen LogP contribution in [0.3, 0.4) is 0 Å². The van der Waals surface area contributed by atoms with Gasteiger partial charge in [0.25, 0.3) is 0 Å². The summed E-state index contributed by atoms with van der Waals surface area (Å²) in [5.74, 6) is 6.58. The summed E-state index contributed by atoms with van der Waals surface area (Å²) in [6.07, 6.45) is 2.63. The van der Waals surface area contributed by atoms with Gasteiger partial charge in [0, 0.05) is 23.1 Å². The van der Waals surface area contributed by atoms with Gasteiger partial charge in [0.1, 0.15) is 0 Å². The number of Topliss-reactive ketones (excluding diaryl/α,β-unsaturated/α-hetero) is 1. The lowest BCUT2D eigenvalue weighted by molar-refractivity contribution is 0.0972. The van der Waals surface area contributed by atoms with Crippen molar-refractivity contribution in [1.29, 1.82) is 0 Å². The second-order valence-electron chi connectivity index (χ2n) is 4.76. The summed E-state index contributed by atoms with van der Waals surface area (Å²) in [4.78, 5) is 11.7. The first kappa shape index (κ1) is 11.7. The van der Waals surface area contributed by atoms with Crippen molar-refractivity contribution in [3.8, 4) is 11.8 Å². The lowest BCUT2D eigenvalue weighted by Gasteiger charge is -2.14. The number of carbonyl (C=O) groups excluding carboxylic acids is 1. The van der Waals surface area contributed by atoms with Crippen LogP contribution >= 0.6 is 0 Å². The molecule has 0 bridgehead atoms. The summed E-state index contributed by atoms with van der Waals surface area (Å²) in [6, 6.07) is 15.9. The van der Waals surface area contributed by atoms with E-state index in [2.05, 4.69) is 17.9 Å². The van der Waals surface area contributed by atoms with Gasteiger partial charge in [-0.3, -0.25) is 4.79 Å². The number of benzene rings is 2. The fourth-order valence-electron chi connectivity index (χ4n) is 2.39. The second kappa shape index (κ2) is 5.12. The van der Waals surface area contributed by atoms with E-state index in [9.17, 15) is 4.79 Å². The first-order valence-electron chi connectivity index (χ1n) is 6.56. The van der Waals surface area contributed by atoms with Crippen LogP contribution in [0.2, 0.25) is 0 Å². The smallest absolute Gasteiger partial charge is 0.163 e. The summed E-state index contributed by atoms with van der Waals surface area (Å²) < 4.78 is 0. The molecule has 2 aromatic rings. The number of aryl methyl sites for hydroxylation is 1. The molecule has 92 valence electrons. The number of rotatable bonds is 0. The highest BCUT2D eigenvalue weighted by Crippen LogP contribution is 2.22. The van der Waals surface area contributed by atoms with Crippen LogP contribution < -0.4 is 0 Å². The van der Waals surface area contributed by atoms with Crippen LogP contribution in [-0.4, -0.2) is 5.78 Å². The highest BCUT2D eigenvalue weighted by atomic mass is 16.1. The van der Waals surface area contributed by atoms with E-state index in [1.807, 2.05) is 42.5 Å². The molecule has 3 rings (SSSR count). The van der Waals surface area contributed by atoms with Crippen molar-refractivity contribution in [3.63, 3.8) is 0 Å². The van der Waals surface area contributed by atoms with Crippen molar-refractivity contribution in [2.45, 2.75) is 19.3 Å². The Balaban J connectivity index is 1.91. The maximum atomic E-state index is 11.7. The van der Waals surface area contributed by atoms with Gasteiger partial charge in [0.05, 0.1) is 0 Å². The topological polar surface area (TPSA) is 17.1 Å². The molecule has 0 aliphatic heterocycles. The van der Waals surface area contributed by atoms with E-state index >= 15 is 0 Å². The maximum Gasteiger partial charge on any atom is 0.163 e. The van der Waals surface area contributed by atoms with E-state index in [-0.39, 0.29) is 5.78 Å². The van der Waals surface area contributed by atoms with Gasteiger partial charge in [0.15, 0.2) is 5.78 Å². The fraction of sp³-hybridized carbons (Fsp3) is 0.167. The minimum Gasteiger partial charge on any atom is -0.294 e. The predicted molar refractivity (Wildman–Crippen MR) is 76.1 cm³/mol. The number of carbonyl (C=O) groups is 1. The first-order chi connectivity index (χ1) is 9.33. The Morgan fingerprint density at radius 1 is 0.842 bits per heavy atom. The fourth-order valence-corrected chi connectivity index (χ4v) is 2.39. The second-order valence-corrected chi connectivity index (χ2v) is 4.76. The number of ketones is 1. The average Bonchev–Trinajstić information content (AvgIpc) is 2.46. The van der Waals surface area contributed by atoms with Gasteiger partial charge in [-0.2, -0.15) is 0 Å². The van der Waals surface area contributed by atoms with Gasteiger partial charge in [-0.15, -0.1) is 0 Å². The van der Waals surface area contributed by atoms with Crippen molar-refractivity contribution in [1.82, 2.24) is 0 Å². The molecule has 0 unspecified atom stereocenters. The van der Waals surface area contributed by atoms with Crippen LogP contribution in [0, 0.1) is 11.8 Å². The van der Waals surface area contributed by atoms with Crippen molar-refractivity contribution in [2.75, 3.05) is 0 Å². The summed E-state index contributed by atoms with van der Waals surface area (Å²) in [5, 5.41) is 0. The maximum absolute atomic E-state index is 11.7. The molecule has 1 aliphatic carbocycles. The van der Waals surface area contributed by atoms with E-state index in [0.717, 1.165) is 35.1 Å². The monoisotopic (exact) mass is 246 g/mol. The third-order valence-electron chi connectivity index (χ3n) is 3.38. The molecule has 19 heavy (non-hydrogen) atoms. The molecule has 0 radical (unpaired) electrons. The molecule has 2 aromatic carbocycles. The van der Waals surface area contributed by atoms with Crippen LogP contribution in [-0.2, 0) is 6.42 Å². The van der Waals surface area contributed by atoms with Gasteiger partial charge in [-0.1, -0.05) is 30.0 Å². The molecule has 0 amide bonds. The number of hydrogen-bond donors (Lipinski definition) is 0. The van der Waals surface area contributed by atoms with Gasteiger partial charge in [0.2, 0.25) is 0 Å². The molecular formula is C18H14O. The quantitative estimate of drug-likeness (QED) is 0.649. The molecule has 1 aliphatic rings. The Kier molecular flexibility index (Phi) is 3.16. The van der Waals surface area contributed by atoms with Crippen LogP contribution in [0.5, 0.6) is 0 Å². The molecule has 0 N–H and O–H groups in total. The Labute approximate surface area is 113 Å². The van der Waals surface area contributed by atoms with Crippen molar-refractivity contribution in [2.24, 2.45) is 0 Å². The van der Waals surface area contributed by atoms with Crippen LogP contribution in [0.1, 0.15) is 39.9 Å². The molecule has 0 atom stereocenters. The zero-order valence-electron chi connectivity index (χ0n) is 10.6. The van der Waals surface area contributed by atoms with Crippen LogP contribution in [0.25, 0.3) is 0 Å². The van der Waals surface area contributed by atoms with E-state index in [4.69, 9.17) is 0 Å². The molecule has 0 fully saturated rings. The van der Waals surface area contributed by atoms with Crippen molar-refractivity contribution < 1.29 is 4.79 Å². The summed E-state index contributed by atoms with van der Waals surface area (Å²) >= 11 is 0. The Morgan fingerprint density at radius 2 is 1.63 bits per heavy atom. The highest BCUT2D eigenvalue weighted by Gasteiger charge is 2.16. The van der Waals surface area contributed by atoms with Gasteiger partial charge >= 0.3 is 0 Å². The van der Waals surface area contributed by atoms with Crippen LogP contribution in [0.4, 0.5) is 0 Å². The van der Waals surface area contributed by atoms with E-state index in [0.29, 0.717) is 6.42 Å². The van der Waals surface area contributed by atoms with Crippen molar-refractivity contribution >= 4 is 5.78 Å². The predicted octanol–water partition coefficient (Wildman–Crippen LogP) is 3.61. The summed E-state index contributed by atoms with van der Waals surface area (Å²) in [5.41, 5.74) is 4.03.